The summed E-state index contributed by atoms with van der Waals surface area (Å²) in [5.74, 6) is -4.91. The Morgan fingerprint density at radius 1 is 1.31 bits per heavy atom. The number of nitrogen functional groups attached to an aromatic ring is 1. The number of amides is 2. The molecule has 0 spiro atoms. The van der Waals surface area contributed by atoms with E-state index in [2.05, 4.69) is 11.7 Å². The average Bonchev–Trinajstić information content (AvgIpc) is 3.23. The van der Waals surface area contributed by atoms with Crippen molar-refractivity contribution < 1.29 is 22.8 Å². The van der Waals surface area contributed by atoms with Gasteiger partial charge in [0, 0.05) is 12.3 Å². The topological polar surface area (TPSA) is 107 Å². The second-order valence-corrected chi connectivity index (χ2v) is 8.43. The minimum atomic E-state index is -3.04. The number of hydrogen-bond donors (Lipinski definition) is 2. The number of rotatable bonds is 5. The van der Waals surface area contributed by atoms with Gasteiger partial charge in [0.2, 0.25) is 5.91 Å². The summed E-state index contributed by atoms with van der Waals surface area (Å²) in [5, 5.41) is 4.48. The number of hydrogen-bond acceptors (Lipinski definition) is 4. The zero-order valence-electron chi connectivity index (χ0n) is 17.4. The molecular weight excluding hydrogens is 423 g/mol. The van der Waals surface area contributed by atoms with Crippen molar-refractivity contribution in [3.05, 3.63) is 59.1 Å². The molecule has 0 bridgehead atoms. The first kappa shape index (κ1) is 21.9. The highest BCUT2D eigenvalue weighted by Crippen LogP contribution is 2.37. The monoisotopic (exact) mass is 447 g/mol. The second-order valence-electron chi connectivity index (χ2n) is 8.43. The highest BCUT2D eigenvalue weighted by atomic mass is 19.3. The van der Waals surface area contributed by atoms with Crippen LogP contribution in [0.4, 0.5) is 19.0 Å². The van der Waals surface area contributed by atoms with E-state index < -0.39 is 36.7 Å². The second kappa shape index (κ2) is 7.99. The van der Waals surface area contributed by atoms with Gasteiger partial charge in [-0.3, -0.25) is 9.59 Å². The molecule has 32 heavy (non-hydrogen) atoms. The lowest BCUT2D eigenvalue weighted by molar-refractivity contribution is -0.128. The fourth-order valence-electron chi connectivity index (χ4n) is 4.76. The van der Waals surface area contributed by atoms with Gasteiger partial charge in [0.1, 0.15) is 17.2 Å². The maximum absolute atomic E-state index is 14.0. The summed E-state index contributed by atoms with van der Waals surface area (Å²) in [6, 6.07) is 3.73. The molecule has 4 rings (SSSR count). The van der Waals surface area contributed by atoms with Crippen LogP contribution >= 0.6 is 0 Å². The van der Waals surface area contributed by atoms with Crippen molar-refractivity contribution in [3.8, 4) is 0 Å². The number of fused-ring (bicyclic) bond motifs is 1. The van der Waals surface area contributed by atoms with E-state index >= 15 is 0 Å². The summed E-state index contributed by atoms with van der Waals surface area (Å²) in [6.45, 7) is 2.56. The van der Waals surface area contributed by atoms with E-state index in [9.17, 15) is 22.8 Å². The van der Waals surface area contributed by atoms with Gasteiger partial charge in [0.05, 0.1) is 24.8 Å². The van der Waals surface area contributed by atoms with Crippen molar-refractivity contribution in [1.82, 2.24) is 14.7 Å². The predicted octanol–water partition coefficient (Wildman–Crippen LogP) is 2.40. The Hall–Kier alpha value is -3.30. The van der Waals surface area contributed by atoms with Crippen LogP contribution in [0.1, 0.15) is 45.9 Å². The Morgan fingerprint density at radius 2 is 2.06 bits per heavy atom. The SMILES string of the molecule is C=CC(=O)N1CC(F)(F)C[C@H]1Cn1nc(C2CCc3cc(F)ccc3C2)c(C(N)=O)c1N. The molecule has 0 radical (unpaired) electrons. The molecule has 2 atom stereocenters. The van der Waals surface area contributed by atoms with Gasteiger partial charge in [-0.1, -0.05) is 12.6 Å². The third-order valence-corrected chi connectivity index (χ3v) is 6.27. The van der Waals surface area contributed by atoms with Crippen molar-refractivity contribution in [1.29, 1.82) is 0 Å². The third-order valence-electron chi connectivity index (χ3n) is 6.27. The molecule has 1 aromatic heterocycles. The van der Waals surface area contributed by atoms with Crippen molar-refractivity contribution >= 4 is 17.6 Å². The first-order valence-corrected chi connectivity index (χ1v) is 10.3. The number of likely N-dealkylation sites (tertiary alicyclic amines) is 1. The van der Waals surface area contributed by atoms with E-state index in [1.165, 1.54) is 16.8 Å². The van der Waals surface area contributed by atoms with Gasteiger partial charge in [0.25, 0.3) is 11.8 Å². The van der Waals surface area contributed by atoms with Crippen LogP contribution in [0.3, 0.4) is 0 Å². The average molecular weight is 447 g/mol. The van der Waals surface area contributed by atoms with Crippen LogP contribution in [0.2, 0.25) is 0 Å². The predicted molar refractivity (Wildman–Crippen MR) is 112 cm³/mol. The van der Waals surface area contributed by atoms with Crippen LogP contribution in [0.5, 0.6) is 0 Å². The van der Waals surface area contributed by atoms with Crippen LogP contribution < -0.4 is 11.5 Å². The van der Waals surface area contributed by atoms with Crippen LogP contribution in [0.25, 0.3) is 0 Å². The van der Waals surface area contributed by atoms with Gasteiger partial charge in [-0.15, -0.1) is 0 Å². The lowest BCUT2D eigenvalue weighted by atomic mass is 9.81. The number of primary amides is 1. The van der Waals surface area contributed by atoms with Gasteiger partial charge < -0.3 is 16.4 Å². The molecule has 170 valence electrons. The van der Waals surface area contributed by atoms with Crippen molar-refractivity contribution in [2.24, 2.45) is 5.73 Å². The number of carbonyl (C=O) groups excluding carboxylic acids is 2. The minimum absolute atomic E-state index is 0.0152. The molecule has 2 aromatic rings. The molecule has 1 fully saturated rings. The number of anilines is 1. The van der Waals surface area contributed by atoms with Gasteiger partial charge in [0.15, 0.2) is 0 Å². The van der Waals surface area contributed by atoms with Crippen molar-refractivity contribution in [2.45, 2.75) is 50.1 Å². The van der Waals surface area contributed by atoms with E-state index in [1.54, 1.807) is 6.07 Å². The Morgan fingerprint density at radius 3 is 2.75 bits per heavy atom. The standard InChI is InChI=1S/C22H24F3N5O2/c1-2-17(31)29-11-22(24,25)9-16(29)10-30-20(26)18(21(27)32)19(28-30)14-4-3-13-8-15(23)6-5-12(13)7-14/h2,5-6,8,14,16H,1,3-4,7,9-11,26H2,(H2,27,32)/t14?,16-/m0/s1. The molecule has 1 unspecified atom stereocenters. The molecule has 0 saturated carbocycles. The normalized spacial score (nSPS) is 21.9. The summed E-state index contributed by atoms with van der Waals surface area (Å²) in [7, 11) is 0. The van der Waals surface area contributed by atoms with Crippen LogP contribution in [0.15, 0.2) is 30.9 Å². The largest absolute Gasteiger partial charge is 0.383 e. The minimum Gasteiger partial charge on any atom is -0.383 e. The Bertz CT molecular complexity index is 1100. The summed E-state index contributed by atoms with van der Waals surface area (Å²) in [4.78, 5) is 25.3. The molecule has 1 aliphatic carbocycles. The van der Waals surface area contributed by atoms with Crippen molar-refractivity contribution in [2.75, 3.05) is 12.3 Å². The van der Waals surface area contributed by atoms with E-state index in [1.807, 2.05) is 0 Å². The van der Waals surface area contributed by atoms with E-state index in [-0.39, 0.29) is 29.7 Å². The summed E-state index contributed by atoms with van der Waals surface area (Å²) in [6.07, 6.45) is 2.17. The highest BCUT2D eigenvalue weighted by Gasteiger charge is 2.47. The van der Waals surface area contributed by atoms with Crippen LogP contribution in [-0.4, -0.2) is 45.0 Å². The molecule has 1 saturated heterocycles. The number of halogens is 3. The third kappa shape index (κ3) is 3.96. The Kier molecular flexibility index (Phi) is 5.47. The Labute approximate surface area is 182 Å². The van der Waals surface area contributed by atoms with E-state index in [4.69, 9.17) is 11.5 Å². The quantitative estimate of drug-likeness (QED) is 0.687. The molecule has 2 amide bonds. The maximum atomic E-state index is 14.0. The van der Waals surface area contributed by atoms with Gasteiger partial charge in [-0.05, 0) is 48.6 Å². The number of alkyl halides is 2. The van der Waals surface area contributed by atoms with E-state index in [0.29, 0.717) is 25.0 Å². The van der Waals surface area contributed by atoms with Gasteiger partial charge >= 0.3 is 0 Å². The molecular formula is C22H24F3N5O2. The molecule has 1 aromatic carbocycles. The van der Waals surface area contributed by atoms with Gasteiger partial charge in [-0.2, -0.15) is 5.10 Å². The Balaban J connectivity index is 1.65. The maximum Gasteiger partial charge on any atom is 0.267 e. The smallest absolute Gasteiger partial charge is 0.267 e. The zero-order chi connectivity index (χ0) is 23.2. The van der Waals surface area contributed by atoms with Crippen LogP contribution in [0, 0.1) is 5.82 Å². The highest BCUT2D eigenvalue weighted by molar-refractivity contribution is 5.98. The lowest BCUT2D eigenvalue weighted by Gasteiger charge is -2.24. The number of benzene rings is 1. The molecule has 1 aliphatic heterocycles. The van der Waals surface area contributed by atoms with Crippen molar-refractivity contribution in [3.63, 3.8) is 0 Å². The molecule has 2 heterocycles. The number of aryl methyl sites for hydroxylation is 1. The first-order chi connectivity index (χ1) is 15.1. The molecule has 10 heteroatoms. The van der Waals surface area contributed by atoms with E-state index in [0.717, 1.165) is 22.1 Å². The summed E-state index contributed by atoms with van der Waals surface area (Å²) < 4.78 is 42.9. The summed E-state index contributed by atoms with van der Waals surface area (Å²) >= 11 is 0. The number of nitrogens with zero attached hydrogens (tertiary/aromatic N) is 3. The fraction of sp³-hybridized carbons (Fsp3) is 0.409. The summed E-state index contributed by atoms with van der Waals surface area (Å²) in [5.41, 5.74) is 14.1. The van der Waals surface area contributed by atoms with Crippen LogP contribution in [-0.2, 0) is 24.2 Å². The molecule has 2 aliphatic rings. The number of carbonyl (C=O) groups is 2. The molecule has 7 nitrogen and oxygen atoms in total. The van der Waals surface area contributed by atoms with Gasteiger partial charge in [-0.25, -0.2) is 17.9 Å². The number of aromatic nitrogens is 2. The fourth-order valence-corrected chi connectivity index (χ4v) is 4.76. The lowest BCUT2D eigenvalue weighted by Crippen LogP contribution is -2.38. The molecule has 4 N–H and O–H groups in total. The number of nitrogens with two attached hydrogens (primary N) is 2. The zero-order valence-corrected chi connectivity index (χ0v) is 17.4. The first-order valence-electron chi connectivity index (χ1n) is 10.3.